The topological polar surface area (TPSA) is 45.2 Å². The van der Waals surface area contributed by atoms with Crippen molar-refractivity contribution in [1.29, 1.82) is 0 Å². The lowest BCUT2D eigenvalue weighted by Crippen LogP contribution is -2.49. The molecule has 2 fully saturated rings. The lowest BCUT2D eigenvalue weighted by molar-refractivity contribution is -0.0473. The van der Waals surface area contributed by atoms with Gasteiger partial charge in [-0.05, 0) is 110 Å². The van der Waals surface area contributed by atoms with Crippen molar-refractivity contribution in [3.63, 3.8) is 0 Å². The minimum absolute atomic E-state index is 0.107. The molecule has 168 valence electrons. The molecular formula is C29H36N2O. The number of nitrogens with one attached hydrogen (secondary N) is 1. The molecule has 2 N–H and O–H groups in total. The van der Waals surface area contributed by atoms with E-state index >= 15 is 0 Å². The van der Waals surface area contributed by atoms with E-state index < -0.39 is 5.60 Å². The number of pyridine rings is 1. The maximum Gasteiger partial charge on any atom is 0.0927 e. The molecule has 6 atom stereocenters. The molecule has 32 heavy (non-hydrogen) atoms. The largest absolute Gasteiger partial charge is 0.385 e. The number of aromatic nitrogens is 1. The first-order chi connectivity index (χ1) is 15.5. The van der Waals surface area contributed by atoms with Crippen LogP contribution in [0.5, 0.6) is 0 Å². The maximum absolute atomic E-state index is 12.3. The predicted molar refractivity (Wildman–Crippen MR) is 130 cm³/mol. The van der Waals surface area contributed by atoms with Crippen molar-refractivity contribution >= 4 is 10.8 Å². The van der Waals surface area contributed by atoms with Crippen molar-refractivity contribution < 1.29 is 5.11 Å². The molecule has 0 saturated heterocycles. The quantitative estimate of drug-likeness (QED) is 0.625. The fourth-order valence-electron chi connectivity index (χ4n) is 7.89. The summed E-state index contributed by atoms with van der Waals surface area (Å²) in [5.41, 5.74) is 3.70. The lowest BCUT2D eigenvalue weighted by atomic mass is 9.58. The number of benzene rings is 1. The summed E-state index contributed by atoms with van der Waals surface area (Å²) in [6, 6.07) is 9.65. The van der Waals surface area contributed by atoms with Gasteiger partial charge in [0.1, 0.15) is 0 Å². The first-order valence-electron chi connectivity index (χ1n) is 12.7. The third kappa shape index (κ3) is 3.04. The van der Waals surface area contributed by atoms with Crippen LogP contribution in [0.15, 0.2) is 60.0 Å². The number of allylic oxidation sites excluding steroid dienone is 2. The van der Waals surface area contributed by atoms with Gasteiger partial charge in [-0.1, -0.05) is 36.8 Å². The second-order valence-corrected chi connectivity index (χ2v) is 11.2. The third-order valence-corrected chi connectivity index (χ3v) is 9.74. The van der Waals surface area contributed by atoms with Gasteiger partial charge in [0, 0.05) is 23.8 Å². The normalized spacial score (nSPS) is 38.8. The van der Waals surface area contributed by atoms with Crippen LogP contribution in [0.1, 0.15) is 69.8 Å². The summed E-state index contributed by atoms with van der Waals surface area (Å²) in [6.45, 7) is 2.45. The molecule has 6 rings (SSSR count). The van der Waals surface area contributed by atoms with E-state index in [-0.39, 0.29) is 5.41 Å². The van der Waals surface area contributed by atoms with E-state index in [2.05, 4.69) is 60.7 Å². The molecule has 3 heteroatoms. The van der Waals surface area contributed by atoms with Crippen molar-refractivity contribution in [2.45, 2.75) is 75.9 Å². The predicted octanol–water partition coefficient (Wildman–Crippen LogP) is 5.90. The molecule has 0 spiro atoms. The Morgan fingerprint density at radius 1 is 1.09 bits per heavy atom. The van der Waals surface area contributed by atoms with Gasteiger partial charge in [0.2, 0.25) is 0 Å². The third-order valence-electron chi connectivity index (χ3n) is 9.74. The zero-order chi connectivity index (χ0) is 21.9. The monoisotopic (exact) mass is 428 g/mol. The Kier molecular flexibility index (Phi) is 4.85. The summed E-state index contributed by atoms with van der Waals surface area (Å²) in [5.74, 6) is 1.46. The van der Waals surface area contributed by atoms with Crippen LogP contribution in [0.4, 0.5) is 0 Å². The Hall–Kier alpha value is -1.97. The number of hydrogen-bond acceptors (Lipinski definition) is 3. The van der Waals surface area contributed by atoms with Gasteiger partial charge in [-0.3, -0.25) is 4.98 Å². The van der Waals surface area contributed by atoms with Crippen LogP contribution in [-0.4, -0.2) is 28.8 Å². The fourth-order valence-corrected chi connectivity index (χ4v) is 7.89. The molecule has 4 aliphatic carbocycles. The molecular weight excluding hydrogens is 392 g/mol. The molecule has 0 bridgehead atoms. The first-order valence-corrected chi connectivity index (χ1v) is 12.7. The summed E-state index contributed by atoms with van der Waals surface area (Å²) < 4.78 is 0. The smallest absolute Gasteiger partial charge is 0.0927 e. The minimum Gasteiger partial charge on any atom is -0.385 e. The van der Waals surface area contributed by atoms with E-state index in [0.29, 0.717) is 23.8 Å². The number of hydrogen-bond donors (Lipinski definition) is 2. The Bertz CT molecular complexity index is 1100. The summed E-state index contributed by atoms with van der Waals surface area (Å²) in [4.78, 5) is 4.34. The van der Waals surface area contributed by atoms with Gasteiger partial charge in [0.15, 0.2) is 0 Å². The number of nitrogens with zero attached hydrogens (tertiary/aromatic N) is 1. The Morgan fingerprint density at radius 3 is 2.88 bits per heavy atom. The van der Waals surface area contributed by atoms with E-state index in [1.807, 2.05) is 12.4 Å². The molecule has 4 aliphatic rings. The standard InChI is InChI=1S/C29H36N2O/c1-28-12-10-24-16-20-5-6-25(30-2)17-21(20)9-13-29(24,32)27(28)8-7-26(28)22-4-3-19-11-14-31-18-23(19)15-22/h3-4,10-11,14-16,18,21,25-27,30,32H,5-9,12-13,17H2,1-2H3/t21?,25?,26?,27?,28?,29-/m1/s1. The van der Waals surface area contributed by atoms with Crippen molar-refractivity contribution in [3.8, 4) is 0 Å². The van der Waals surface area contributed by atoms with Crippen LogP contribution in [-0.2, 0) is 0 Å². The van der Waals surface area contributed by atoms with E-state index in [4.69, 9.17) is 0 Å². The summed E-state index contributed by atoms with van der Waals surface area (Å²) in [6.07, 6.45) is 17.7. The second kappa shape index (κ2) is 7.53. The SMILES string of the molecule is CNC1CCC2=CC3=CCC4(C)C(c5ccc6ccncc6c5)CCC4[C@@]3(O)CCC2C1. The molecule has 5 unspecified atom stereocenters. The molecule has 1 heterocycles. The van der Waals surface area contributed by atoms with Crippen molar-refractivity contribution in [2.24, 2.45) is 17.3 Å². The second-order valence-electron chi connectivity index (χ2n) is 11.2. The summed E-state index contributed by atoms with van der Waals surface area (Å²) in [5, 5.41) is 18.3. The molecule has 2 aromatic rings. The fraction of sp³-hybridized carbons (Fsp3) is 0.552. The highest BCUT2D eigenvalue weighted by molar-refractivity contribution is 5.82. The van der Waals surface area contributed by atoms with Crippen LogP contribution in [0, 0.1) is 17.3 Å². The van der Waals surface area contributed by atoms with Crippen LogP contribution in [0.3, 0.4) is 0 Å². The van der Waals surface area contributed by atoms with E-state index in [0.717, 1.165) is 32.1 Å². The number of fused-ring (bicyclic) bond motifs is 5. The maximum atomic E-state index is 12.3. The van der Waals surface area contributed by atoms with Gasteiger partial charge in [-0.25, -0.2) is 0 Å². The Morgan fingerprint density at radius 2 is 2.00 bits per heavy atom. The van der Waals surface area contributed by atoms with E-state index in [1.54, 1.807) is 5.57 Å². The first kappa shape index (κ1) is 20.6. The van der Waals surface area contributed by atoms with Gasteiger partial charge in [0.25, 0.3) is 0 Å². The van der Waals surface area contributed by atoms with Crippen LogP contribution < -0.4 is 5.32 Å². The van der Waals surface area contributed by atoms with Crippen LogP contribution in [0.25, 0.3) is 10.8 Å². The highest BCUT2D eigenvalue weighted by atomic mass is 16.3. The summed E-state index contributed by atoms with van der Waals surface area (Å²) >= 11 is 0. The lowest BCUT2D eigenvalue weighted by Gasteiger charge is -2.49. The average Bonchev–Trinajstić information content (AvgIpc) is 3.10. The molecule has 3 nitrogen and oxygen atoms in total. The molecule has 1 aromatic carbocycles. The molecule has 0 aliphatic heterocycles. The molecule has 2 saturated carbocycles. The van der Waals surface area contributed by atoms with Crippen molar-refractivity contribution in [3.05, 3.63) is 65.5 Å². The Labute approximate surface area is 192 Å². The molecule has 0 amide bonds. The number of rotatable bonds is 2. The minimum atomic E-state index is -0.667. The average molecular weight is 429 g/mol. The summed E-state index contributed by atoms with van der Waals surface area (Å²) in [7, 11) is 2.10. The zero-order valence-corrected chi connectivity index (χ0v) is 19.5. The highest BCUT2D eigenvalue weighted by Gasteiger charge is 2.58. The van der Waals surface area contributed by atoms with Crippen molar-refractivity contribution in [1.82, 2.24) is 10.3 Å². The molecule has 0 radical (unpaired) electrons. The highest BCUT2D eigenvalue weighted by Crippen LogP contribution is 2.63. The van der Waals surface area contributed by atoms with Gasteiger partial charge < -0.3 is 10.4 Å². The van der Waals surface area contributed by atoms with Gasteiger partial charge >= 0.3 is 0 Å². The van der Waals surface area contributed by atoms with Crippen LogP contribution in [0.2, 0.25) is 0 Å². The molecule has 1 aromatic heterocycles. The van der Waals surface area contributed by atoms with Gasteiger partial charge in [-0.2, -0.15) is 0 Å². The van der Waals surface area contributed by atoms with Gasteiger partial charge in [-0.15, -0.1) is 0 Å². The van der Waals surface area contributed by atoms with E-state index in [9.17, 15) is 5.11 Å². The zero-order valence-electron chi connectivity index (χ0n) is 19.5. The van der Waals surface area contributed by atoms with Crippen molar-refractivity contribution in [2.75, 3.05) is 7.05 Å². The van der Waals surface area contributed by atoms with Gasteiger partial charge in [0.05, 0.1) is 5.60 Å². The number of aliphatic hydroxyl groups is 1. The van der Waals surface area contributed by atoms with E-state index in [1.165, 1.54) is 41.2 Å². The van der Waals surface area contributed by atoms with Crippen LogP contribution >= 0.6 is 0 Å². The Balaban J connectivity index is 1.34.